The molecule has 2 aromatic carbocycles. The number of hydrogen-bond donors (Lipinski definition) is 0. The summed E-state index contributed by atoms with van der Waals surface area (Å²) in [6.45, 7) is 3.25. The van der Waals surface area contributed by atoms with E-state index in [4.69, 9.17) is 9.47 Å². The van der Waals surface area contributed by atoms with Crippen molar-refractivity contribution in [2.75, 3.05) is 43.8 Å². The highest BCUT2D eigenvalue weighted by molar-refractivity contribution is 7.92. The lowest BCUT2D eigenvalue weighted by Crippen LogP contribution is -2.47. The maximum absolute atomic E-state index is 13.7. The molecule has 0 saturated carbocycles. The van der Waals surface area contributed by atoms with Gasteiger partial charge in [0.05, 0.1) is 30.4 Å². The molecule has 0 radical (unpaired) electrons. The second-order valence-corrected chi connectivity index (χ2v) is 8.23. The highest BCUT2D eigenvalue weighted by Gasteiger charge is 2.31. The molecule has 0 N–H and O–H groups in total. The van der Waals surface area contributed by atoms with E-state index in [2.05, 4.69) is 0 Å². The number of rotatable bonds is 7. The zero-order valence-corrected chi connectivity index (χ0v) is 16.9. The SMILES string of the molecule is CCOc1ccccc1N(CC(=O)N1CCOCC1)S(=O)(=O)c1cccc(F)c1. The zero-order chi connectivity index (χ0) is 20.9. The summed E-state index contributed by atoms with van der Waals surface area (Å²) in [5.41, 5.74) is 0.222. The van der Waals surface area contributed by atoms with Gasteiger partial charge in [0, 0.05) is 13.1 Å². The summed E-state index contributed by atoms with van der Waals surface area (Å²) < 4.78 is 52.3. The molecule has 29 heavy (non-hydrogen) atoms. The highest BCUT2D eigenvalue weighted by atomic mass is 32.2. The van der Waals surface area contributed by atoms with E-state index in [0.29, 0.717) is 38.7 Å². The Bertz CT molecular complexity index is 961. The third kappa shape index (κ3) is 4.86. The summed E-state index contributed by atoms with van der Waals surface area (Å²) in [7, 11) is -4.22. The first kappa shape index (κ1) is 21.1. The van der Waals surface area contributed by atoms with Gasteiger partial charge in [0.25, 0.3) is 10.0 Å². The van der Waals surface area contributed by atoms with Crippen LogP contribution in [0.5, 0.6) is 5.75 Å². The topological polar surface area (TPSA) is 76.2 Å². The first-order chi connectivity index (χ1) is 13.9. The number of carbonyl (C=O) groups is 1. The second kappa shape index (κ2) is 9.23. The van der Waals surface area contributed by atoms with Crippen LogP contribution in [0.15, 0.2) is 53.4 Å². The third-order valence-electron chi connectivity index (χ3n) is 4.46. The lowest BCUT2D eigenvalue weighted by molar-refractivity contribution is -0.133. The fourth-order valence-electron chi connectivity index (χ4n) is 3.03. The van der Waals surface area contributed by atoms with Gasteiger partial charge in [-0.15, -0.1) is 0 Å². The van der Waals surface area contributed by atoms with E-state index < -0.39 is 22.4 Å². The Morgan fingerprint density at radius 3 is 2.59 bits per heavy atom. The minimum Gasteiger partial charge on any atom is -0.492 e. The van der Waals surface area contributed by atoms with Crippen molar-refractivity contribution in [3.63, 3.8) is 0 Å². The van der Waals surface area contributed by atoms with Gasteiger partial charge in [-0.1, -0.05) is 18.2 Å². The van der Waals surface area contributed by atoms with Crippen molar-refractivity contribution >= 4 is 21.6 Å². The van der Waals surface area contributed by atoms with E-state index in [1.54, 1.807) is 36.1 Å². The number of hydrogen-bond acceptors (Lipinski definition) is 5. The van der Waals surface area contributed by atoms with E-state index >= 15 is 0 Å². The van der Waals surface area contributed by atoms with Gasteiger partial charge >= 0.3 is 0 Å². The highest BCUT2D eigenvalue weighted by Crippen LogP contribution is 2.32. The number of ether oxygens (including phenoxy) is 2. The summed E-state index contributed by atoms with van der Waals surface area (Å²) in [4.78, 5) is 14.2. The van der Waals surface area contributed by atoms with Gasteiger partial charge in [-0.3, -0.25) is 9.10 Å². The van der Waals surface area contributed by atoms with Gasteiger partial charge in [0.1, 0.15) is 18.1 Å². The molecule has 0 bridgehead atoms. The van der Waals surface area contributed by atoms with Gasteiger partial charge in [0.15, 0.2) is 0 Å². The maximum atomic E-state index is 13.7. The van der Waals surface area contributed by atoms with Crippen LogP contribution in [0.25, 0.3) is 0 Å². The van der Waals surface area contributed by atoms with Crippen LogP contribution in [0, 0.1) is 5.82 Å². The Kier molecular flexibility index (Phi) is 6.71. The lowest BCUT2D eigenvalue weighted by Gasteiger charge is -2.31. The quantitative estimate of drug-likeness (QED) is 0.684. The normalized spacial score (nSPS) is 14.5. The molecule has 1 heterocycles. The molecule has 0 spiro atoms. The number of carbonyl (C=O) groups excluding carboxylic acids is 1. The van der Waals surface area contributed by atoms with Gasteiger partial charge in [-0.2, -0.15) is 0 Å². The molecule has 1 aliphatic rings. The molecule has 9 heteroatoms. The zero-order valence-electron chi connectivity index (χ0n) is 16.1. The average molecular weight is 422 g/mol. The predicted octanol–water partition coefficient (Wildman–Crippen LogP) is 2.28. The summed E-state index contributed by atoms with van der Waals surface area (Å²) in [6, 6.07) is 11.3. The average Bonchev–Trinajstić information content (AvgIpc) is 2.73. The molecule has 1 saturated heterocycles. The summed E-state index contributed by atoms with van der Waals surface area (Å²) in [6.07, 6.45) is 0. The second-order valence-electron chi connectivity index (χ2n) is 6.36. The van der Waals surface area contributed by atoms with E-state index in [-0.39, 0.29) is 16.5 Å². The van der Waals surface area contributed by atoms with Crippen molar-refractivity contribution < 1.29 is 27.1 Å². The molecular weight excluding hydrogens is 399 g/mol. The van der Waals surface area contributed by atoms with Crippen molar-refractivity contribution in [3.8, 4) is 5.75 Å². The number of nitrogens with zero attached hydrogens (tertiary/aromatic N) is 2. The van der Waals surface area contributed by atoms with Crippen LogP contribution in [0.1, 0.15) is 6.92 Å². The number of para-hydroxylation sites is 2. The van der Waals surface area contributed by atoms with Crippen LogP contribution < -0.4 is 9.04 Å². The summed E-state index contributed by atoms with van der Waals surface area (Å²) in [5.74, 6) is -0.715. The molecule has 0 aromatic heterocycles. The fourth-order valence-corrected chi connectivity index (χ4v) is 4.49. The Morgan fingerprint density at radius 1 is 1.17 bits per heavy atom. The lowest BCUT2D eigenvalue weighted by atomic mass is 10.3. The third-order valence-corrected chi connectivity index (χ3v) is 6.22. The number of anilines is 1. The molecule has 1 aliphatic heterocycles. The number of halogens is 1. The molecule has 1 fully saturated rings. The Balaban J connectivity index is 2.03. The van der Waals surface area contributed by atoms with Gasteiger partial charge in [-0.25, -0.2) is 12.8 Å². The number of morpholine rings is 1. The molecule has 7 nitrogen and oxygen atoms in total. The van der Waals surface area contributed by atoms with E-state index in [1.807, 2.05) is 0 Å². The van der Waals surface area contributed by atoms with Crippen LogP contribution in [-0.2, 0) is 19.6 Å². The first-order valence-electron chi connectivity index (χ1n) is 9.29. The number of sulfonamides is 1. The van der Waals surface area contributed by atoms with Gasteiger partial charge in [0.2, 0.25) is 5.91 Å². The van der Waals surface area contributed by atoms with Crippen LogP contribution in [0.3, 0.4) is 0 Å². The van der Waals surface area contributed by atoms with E-state index in [0.717, 1.165) is 16.4 Å². The minimum atomic E-state index is -4.22. The van der Waals surface area contributed by atoms with Gasteiger partial charge < -0.3 is 14.4 Å². The summed E-state index contributed by atoms with van der Waals surface area (Å²) in [5, 5.41) is 0. The first-order valence-corrected chi connectivity index (χ1v) is 10.7. The Hall–Kier alpha value is -2.65. The van der Waals surface area contributed by atoms with Gasteiger partial charge in [-0.05, 0) is 37.3 Å². The van der Waals surface area contributed by atoms with Crippen LogP contribution in [-0.4, -0.2) is 58.7 Å². The van der Waals surface area contributed by atoms with Crippen LogP contribution in [0.2, 0.25) is 0 Å². The largest absolute Gasteiger partial charge is 0.492 e. The molecule has 3 rings (SSSR count). The Morgan fingerprint density at radius 2 is 1.90 bits per heavy atom. The predicted molar refractivity (Wildman–Crippen MR) is 106 cm³/mol. The van der Waals surface area contributed by atoms with E-state index in [1.165, 1.54) is 12.1 Å². The van der Waals surface area contributed by atoms with Crippen molar-refractivity contribution in [1.82, 2.24) is 4.90 Å². The monoisotopic (exact) mass is 422 g/mol. The molecule has 0 atom stereocenters. The van der Waals surface area contributed by atoms with Crippen LogP contribution in [0.4, 0.5) is 10.1 Å². The summed E-state index contributed by atoms with van der Waals surface area (Å²) >= 11 is 0. The maximum Gasteiger partial charge on any atom is 0.265 e. The molecule has 2 aromatic rings. The van der Waals surface area contributed by atoms with E-state index in [9.17, 15) is 17.6 Å². The van der Waals surface area contributed by atoms with Crippen molar-refractivity contribution in [3.05, 3.63) is 54.3 Å². The van der Waals surface area contributed by atoms with Crippen molar-refractivity contribution in [1.29, 1.82) is 0 Å². The molecule has 156 valence electrons. The Labute approximate surface area is 169 Å². The molecular formula is C20H23FN2O5S. The number of amides is 1. The fraction of sp³-hybridized carbons (Fsp3) is 0.350. The standard InChI is InChI=1S/C20H23FN2O5S/c1-2-28-19-9-4-3-8-18(19)23(15-20(24)22-10-12-27-13-11-22)29(25,26)17-7-5-6-16(21)14-17/h3-9,14H,2,10-13,15H2,1H3. The smallest absolute Gasteiger partial charge is 0.265 e. The molecule has 1 amide bonds. The minimum absolute atomic E-state index is 0.222. The van der Waals surface area contributed by atoms with Crippen LogP contribution >= 0.6 is 0 Å². The van der Waals surface area contributed by atoms with Crippen molar-refractivity contribution in [2.45, 2.75) is 11.8 Å². The molecule has 0 aliphatic carbocycles. The number of benzene rings is 2. The van der Waals surface area contributed by atoms with Crippen molar-refractivity contribution in [2.24, 2.45) is 0 Å². The molecule has 0 unspecified atom stereocenters.